The second kappa shape index (κ2) is 15.6. The van der Waals surface area contributed by atoms with Crippen LogP contribution >= 0.6 is 0 Å². The van der Waals surface area contributed by atoms with Crippen molar-refractivity contribution in [1.82, 2.24) is 39.6 Å². The number of hydrogen-bond acceptors (Lipinski definition) is 12. The normalized spacial score (nSPS) is 19.0. The van der Waals surface area contributed by atoms with Gasteiger partial charge in [0, 0.05) is 76.6 Å². The molecule has 0 atom stereocenters. The van der Waals surface area contributed by atoms with E-state index < -0.39 is 0 Å². The zero-order valence-corrected chi connectivity index (χ0v) is 31.4. The van der Waals surface area contributed by atoms with Gasteiger partial charge in [-0.25, -0.2) is 14.6 Å². The van der Waals surface area contributed by atoms with Gasteiger partial charge in [-0.1, -0.05) is 0 Å². The molecule has 15 nitrogen and oxygen atoms in total. The fourth-order valence-electron chi connectivity index (χ4n) is 8.81. The molecule has 0 unspecified atom stereocenters. The standard InChI is InChI=1S/C41H46N12O3/c54-26-31-10-20-52(39(27-55)44-31)33-6-7-38(42-23-33)50-18-8-29(9-19-50)24-48-16-11-32(12-17-48)53-25-30-21-36(37(22-35(30)47-53)49-13-2-1-3-14-49)45-41(56)34-5-4-15-51-28-43-46-40(34)51/h4-7,15,21-23,25,28-29,32,44H,1-3,8-14,16-20,24H2,(H,45,56). The van der Waals surface area contributed by atoms with Crippen molar-refractivity contribution in [2.75, 3.05) is 72.4 Å². The number of carbonyl (C=O) groups is 1. The minimum atomic E-state index is -0.203. The number of pyridine rings is 2. The molecule has 2 N–H and O–H groups in total. The van der Waals surface area contributed by atoms with Gasteiger partial charge in [0.25, 0.3) is 5.91 Å². The molecular formula is C41H46N12O3. The molecule has 288 valence electrons. The van der Waals surface area contributed by atoms with E-state index in [1.807, 2.05) is 36.3 Å². The van der Waals surface area contributed by atoms with E-state index in [1.54, 1.807) is 27.9 Å². The summed E-state index contributed by atoms with van der Waals surface area (Å²) in [5.74, 6) is 5.34. The van der Waals surface area contributed by atoms with Crippen LogP contribution in [0.3, 0.4) is 0 Å². The lowest BCUT2D eigenvalue weighted by Crippen LogP contribution is -2.42. The number of anilines is 4. The number of aromatic nitrogens is 6. The van der Waals surface area contributed by atoms with E-state index in [0.717, 1.165) is 118 Å². The number of rotatable bonds is 8. The molecular weight excluding hydrogens is 709 g/mol. The summed E-state index contributed by atoms with van der Waals surface area (Å²) in [6, 6.07) is 12.2. The maximum atomic E-state index is 13.6. The van der Waals surface area contributed by atoms with Gasteiger partial charge >= 0.3 is 0 Å². The smallest absolute Gasteiger partial charge is 0.259 e. The zero-order valence-electron chi connectivity index (χ0n) is 31.4. The Balaban J connectivity index is 0.807. The molecule has 0 radical (unpaired) electrons. The van der Waals surface area contributed by atoms with Crippen molar-refractivity contribution in [2.24, 2.45) is 5.92 Å². The van der Waals surface area contributed by atoms with E-state index in [-0.39, 0.29) is 11.7 Å². The number of benzene rings is 1. The quantitative estimate of drug-likeness (QED) is 0.216. The predicted octanol–water partition coefficient (Wildman–Crippen LogP) is 4.46. The average Bonchev–Trinajstić information content (AvgIpc) is 3.91. The first-order chi connectivity index (χ1) is 27.5. The molecule has 1 aromatic carbocycles. The van der Waals surface area contributed by atoms with Gasteiger partial charge in [-0.2, -0.15) is 5.10 Å². The van der Waals surface area contributed by atoms with Crippen LogP contribution in [-0.2, 0) is 9.59 Å². The molecule has 0 saturated carbocycles. The van der Waals surface area contributed by atoms with E-state index in [0.29, 0.717) is 41.8 Å². The number of likely N-dealkylation sites (tertiary alicyclic amines) is 1. The van der Waals surface area contributed by atoms with E-state index in [1.165, 1.54) is 6.42 Å². The monoisotopic (exact) mass is 754 g/mol. The maximum absolute atomic E-state index is 13.6. The number of amides is 1. The van der Waals surface area contributed by atoms with Crippen molar-refractivity contribution in [3.63, 3.8) is 0 Å². The third-order valence-electron chi connectivity index (χ3n) is 11.9. The van der Waals surface area contributed by atoms with Crippen molar-refractivity contribution >= 4 is 57.2 Å². The minimum Gasteiger partial charge on any atom is -0.370 e. The zero-order chi connectivity index (χ0) is 38.0. The highest BCUT2D eigenvalue weighted by Crippen LogP contribution is 2.35. The third kappa shape index (κ3) is 7.24. The first kappa shape index (κ1) is 35.7. The minimum absolute atomic E-state index is 0.203. The lowest BCUT2D eigenvalue weighted by molar-refractivity contribution is 0.102. The summed E-state index contributed by atoms with van der Waals surface area (Å²) < 4.78 is 3.92. The number of carbonyl (C=O) groups excluding carboxylic acids is 3. The highest BCUT2D eigenvalue weighted by Gasteiger charge is 2.28. The summed E-state index contributed by atoms with van der Waals surface area (Å²) in [6.07, 6.45) is 15.7. The van der Waals surface area contributed by atoms with Gasteiger partial charge in [0.15, 0.2) is 17.4 Å². The van der Waals surface area contributed by atoms with Crippen molar-refractivity contribution in [1.29, 1.82) is 0 Å². The van der Waals surface area contributed by atoms with Crippen LogP contribution in [0.4, 0.5) is 22.9 Å². The van der Waals surface area contributed by atoms with E-state index >= 15 is 0 Å². The second-order valence-electron chi connectivity index (χ2n) is 15.4. The molecule has 4 aliphatic heterocycles. The summed E-state index contributed by atoms with van der Waals surface area (Å²) >= 11 is 0. The SMILES string of the molecule is O=C=C1CCN(c2ccc(N3CCC(CN4CCC(n5cc6cc(NC(=O)c7cccn8cnnc78)c(N7CCCCC7)cc6n5)CC4)CC3)nc2)C(=C=O)N1. The topological polar surface area (TPSA) is 149 Å². The first-order valence-electron chi connectivity index (χ1n) is 19.9. The molecule has 1 amide bonds. The van der Waals surface area contributed by atoms with Gasteiger partial charge in [0.1, 0.15) is 23.8 Å². The first-order valence-corrected chi connectivity index (χ1v) is 19.9. The molecule has 9 rings (SSSR count). The number of nitrogens with zero attached hydrogens (tertiary/aromatic N) is 10. The van der Waals surface area contributed by atoms with E-state index in [4.69, 9.17) is 10.1 Å². The van der Waals surface area contributed by atoms with Crippen molar-refractivity contribution in [3.05, 3.63) is 78.4 Å². The van der Waals surface area contributed by atoms with Crippen LogP contribution in [0.2, 0.25) is 0 Å². The molecule has 4 fully saturated rings. The lowest BCUT2D eigenvalue weighted by atomic mass is 9.94. The molecule has 8 heterocycles. The van der Waals surface area contributed by atoms with Crippen molar-refractivity contribution < 1.29 is 14.4 Å². The van der Waals surface area contributed by atoms with Crippen LogP contribution in [0.1, 0.15) is 67.8 Å². The summed E-state index contributed by atoms with van der Waals surface area (Å²) in [7, 11) is 0. The Morgan fingerprint density at radius 1 is 0.911 bits per heavy atom. The van der Waals surface area contributed by atoms with Crippen molar-refractivity contribution in [3.8, 4) is 0 Å². The van der Waals surface area contributed by atoms with Gasteiger partial charge in [-0.3, -0.25) is 13.9 Å². The van der Waals surface area contributed by atoms with Gasteiger partial charge < -0.3 is 30.2 Å². The molecule has 56 heavy (non-hydrogen) atoms. The molecule has 0 aliphatic carbocycles. The lowest BCUT2D eigenvalue weighted by Gasteiger charge is -2.38. The highest BCUT2D eigenvalue weighted by molar-refractivity contribution is 6.10. The van der Waals surface area contributed by atoms with Gasteiger partial charge in [-0.05, 0) is 87.3 Å². The van der Waals surface area contributed by atoms with Crippen LogP contribution in [-0.4, -0.2) is 104 Å². The molecule has 0 spiro atoms. The van der Waals surface area contributed by atoms with Gasteiger partial charge in [-0.15, -0.1) is 10.2 Å². The summed E-state index contributed by atoms with van der Waals surface area (Å²) in [5, 5.41) is 20.3. The summed E-state index contributed by atoms with van der Waals surface area (Å²) in [4.78, 5) is 50.0. The third-order valence-corrected chi connectivity index (χ3v) is 11.9. The van der Waals surface area contributed by atoms with Crippen LogP contribution in [0.15, 0.2) is 72.8 Å². The second-order valence-corrected chi connectivity index (χ2v) is 15.4. The van der Waals surface area contributed by atoms with Crippen LogP contribution in [0, 0.1) is 5.92 Å². The van der Waals surface area contributed by atoms with Crippen LogP contribution < -0.4 is 25.3 Å². The Hall–Kier alpha value is -6.01. The molecule has 4 saturated heterocycles. The molecule has 4 aromatic heterocycles. The Morgan fingerprint density at radius 2 is 1.75 bits per heavy atom. The summed E-state index contributed by atoms with van der Waals surface area (Å²) in [6.45, 7) is 7.54. The number of hydrogen-bond donors (Lipinski definition) is 2. The molecule has 5 aromatic rings. The fourth-order valence-corrected chi connectivity index (χ4v) is 8.81. The van der Waals surface area contributed by atoms with Gasteiger partial charge in [0.05, 0.1) is 40.4 Å². The van der Waals surface area contributed by atoms with E-state index in [9.17, 15) is 14.4 Å². The molecule has 0 bridgehead atoms. The number of piperidine rings is 3. The fraction of sp³-hybridized carbons (Fsp3) is 0.439. The Morgan fingerprint density at radius 3 is 2.52 bits per heavy atom. The van der Waals surface area contributed by atoms with Crippen LogP contribution in [0.5, 0.6) is 0 Å². The Kier molecular flexibility index (Phi) is 9.95. The van der Waals surface area contributed by atoms with Crippen LogP contribution in [0.25, 0.3) is 16.6 Å². The Labute approximate surface area is 324 Å². The summed E-state index contributed by atoms with van der Waals surface area (Å²) in [5.41, 5.74) is 4.95. The number of nitrogens with one attached hydrogen (secondary N) is 2. The Bertz CT molecular complexity index is 2320. The molecule has 15 heteroatoms. The van der Waals surface area contributed by atoms with E-state index in [2.05, 4.69) is 58.5 Å². The highest BCUT2D eigenvalue weighted by atomic mass is 16.1. The van der Waals surface area contributed by atoms with Gasteiger partial charge in [0.2, 0.25) is 0 Å². The molecule has 4 aliphatic rings. The van der Waals surface area contributed by atoms with Crippen molar-refractivity contribution in [2.45, 2.75) is 57.4 Å². The number of fused-ring (bicyclic) bond motifs is 2. The largest absolute Gasteiger partial charge is 0.370 e. The maximum Gasteiger partial charge on any atom is 0.259 e. The predicted molar refractivity (Wildman–Crippen MR) is 214 cm³/mol. The average molecular weight is 755 g/mol.